The fourth-order valence-corrected chi connectivity index (χ4v) is 1.46. The van der Waals surface area contributed by atoms with E-state index in [2.05, 4.69) is 13.8 Å². The van der Waals surface area contributed by atoms with E-state index < -0.39 is 5.41 Å². The molecule has 0 unspecified atom stereocenters. The number of rotatable bonds is 2. The largest absolute Gasteiger partial charge is 0.426 e. The van der Waals surface area contributed by atoms with Crippen LogP contribution < -0.4 is 4.74 Å². The van der Waals surface area contributed by atoms with Crippen LogP contribution >= 0.6 is 0 Å². The second-order valence-corrected chi connectivity index (χ2v) is 5.84. The summed E-state index contributed by atoms with van der Waals surface area (Å²) in [5.41, 5.74) is 1.71. The SMILES string of the molecule is Cc1ccc(C(C)C)c(OC(=O)C(C)(C)C)c1. The first-order valence-corrected chi connectivity index (χ1v) is 6.04. The van der Waals surface area contributed by atoms with Crippen molar-refractivity contribution in [3.8, 4) is 5.75 Å². The first-order chi connectivity index (χ1) is 7.71. The molecule has 1 rings (SSSR count). The molecule has 0 bridgehead atoms. The third-order valence-electron chi connectivity index (χ3n) is 2.61. The number of carbonyl (C=O) groups excluding carboxylic acids is 1. The highest BCUT2D eigenvalue weighted by Gasteiger charge is 2.24. The lowest BCUT2D eigenvalue weighted by Gasteiger charge is -2.19. The predicted molar refractivity (Wildman–Crippen MR) is 70.4 cm³/mol. The quantitative estimate of drug-likeness (QED) is 0.569. The average Bonchev–Trinajstić information content (AvgIpc) is 2.15. The van der Waals surface area contributed by atoms with Gasteiger partial charge in [0.1, 0.15) is 5.75 Å². The van der Waals surface area contributed by atoms with Crippen molar-refractivity contribution in [3.63, 3.8) is 0 Å². The molecular formula is C15H22O2. The second-order valence-electron chi connectivity index (χ2n) is 5.84. The Morgan fingerprint density at radius 2 is 1.82 bits per heavy atom. The first-order valence-electron chi connectivity index (χ1n) is 6.04. The predicted octanol–water partition coefficient (Wildman–Crippen LogP) is 4.07. The van der Waals surface area contributed by atoms with Crippen molar-refractivity contribution in [2.45, 2.75) is 47.5 Å². The smallest absolute Gasteiger partial charge is 0.316 e. The molecule has 1 aromatic carbocycles. The fraction of sp³-hybridized carbons (Fsp3) is 0.533. The number of ether oxygens (including phenoxy) is 1. The summed E-state index contributed by atoms with van der Waals surface area (Å²) in [6, 6.07) is 6.01. The molecule has 0 fully saturated rings. The van der Waals surface area contributed by atoms with E-state index in [1.165, 1.54) is 0 Å². The zero-order valence-corrected chi connectivity index (χ0v) is 11.6. The molecule has 0 heterocycles. The zero-order chi connectivity index (χ0) is 13.2. The van der Waals surface area contributed by atoms with E-state index in [1.807, 2.05) is 45.9 Å². The minimum Gasteiger partial charge on any atom is -0.426 e. The van der Waals surface area contributed by atoms with Crippen molar-refractivity contribution in [1.29, 1.82) is 0 Å². The maximum Gasteiger partial charge on any atom is 0.316 e. The Morgan fingerprint density at radius 3 is 2.29 bits per heavy atom. The molecule has 17 heavy (non-hydrogen) atoms. The van der Waals surface area contributed by atoms with Gasteiger partial charge in [0.2, 0.25) is 0 Å². The molecule has 0 radical (unpaired) electrons. The van der Waals surface area contributed by atoms with Gasteiger partial charge in [-0.15, -0.1) is 0 Å². The van der Waals surface area contributed by atoms with Gasteiger partial charge < -0.3 is 4.74 Å². The Hall–Kier alpha value is -1.31. The van der Waals surface area contributed by atoms with Crippen LogP contribution in [0.1, 0.15) is 51.7 Å². The van der Waals surface area contributed by atoms with E-state index >= 15 is 0 Å². The van der Waals surface area contributed by atoms with Crippen LogP contribution in [0.2, 0.25) is 0 Å². The highest BCUT2D eigenvalue weighted by atomic mass is 16.5. The van der Waals surface area contributed by atoms with Gasteiger partial charge >= 0.3 is 5.97 Å². The summed E-state index contributed by atoms with van der Waals surface area (Å²) in [5, 5.41) is 0. The highest BCUT2D eigenvalue weighted by molar-refractivity contribution is 5.78. The lowest BCUT2D eigenvalue weighted by Crippen LogP contribution is -2.26. The Kier molecular flexibility index (Phi) is 3.97. The minimum atomic E-state index is -0.474. The molecule has 1 aromatic rings. The van der Waals surface area contributed by atoms with E-state index in [4.69, 9.17) is 4.74 Å². The van der Waals surface area contributed by atoms with E-state index in [0.717, 1.165) is 11.1 Å². The summed E-state index contributed by atoms with van der Waals surface area (Å²) in [7, 11) is 0. The van der Waals surface area contributed by atoms with Crippen LogP contribution in [-0.4, -0.2) is 5.97 Å². The molecule has 0 spiro atoms. The molecular weight excluding hydrogens is 212 g/mol. The van der Waals surface area contributed by atoms with E-state index in [1.54, 1.807) is 0 Å². The van der Waals surface area contributed by atoms with Crippen LogP contribution in [0.4, 0.5) is 0 Å². The standard InChI is InChI=1S/C15H22O2/c1-10(2)12-8-7-11(3)9-13(12)17-14(16)15(4,5)6/h7-10H,1-6H3. The van der Waals surface area contributed by atoms with Gasteiger partial charge in [0, 0.05) is 0 Å². The number of hydrogen-bond acceptors (Lipinski definition) is 2. The second kappa shape index (κ2) is 4.91. The molecule has 94 valence electrons. The summed E-state index contributed by atoms with van der Waals surface area (Å²) >= 11 is 0. The molecule has 0 aromatic heterocycles. The van der Waals surface area contributed by atoms with Crippen molar-refractivity contribution in [2.75, 3.05) is 0 Å². The van der Waals surface area contributed by atoms with Gasteiger partial charge in [0.15, 0.2) is 0 Å². The molecule has 2 nitrogen and oxygen atoms in total. The van der Waals surface area contributed by atoms with Gasteiger partial charge in [0.25, 0.3) is 0 Å². The molecule has 0 aliphatic rings. The molecule has 0 saturated carbocycles. The van der Waals surface area contributed by atoms with Crippen LogP contribution in [0.3, 0.4) is 0 Å². The monoisotopic (exact) mass is 234 g/mol. The number of hydrogen-bond donors (Lipinski definition) is 0. The molecule has 0 N–H and O–H groups in total. The Bertz CT molecular complexity index is 411. The molecule has 0 amide bonds. The normalized spacial score (nSPS) is 11.7. The maximum absolute atomic E-state index is 11.9. The van der Waals surface area contributed by atoms with Crippen molar-refractivity contribution in [3.05, 3.63) is 29.3 Å². The fourth-order valence-electron chi connectivity index (χ4n) is 1.46. The van der Waals surface area contributed by atoms with Gasteiger partial charge in [-0.2, -0.15) is 0 Å². The van der Waals surface area contributed by atoms with Crippen molar-refractivity contribution in [1.82, 2.24) is 0 Å². The maximum atomic E-state index is 11.9. The van der Waals surface area contributed by atoms with E-state index in [0.29, 0.717) is 11.7 Å². The summed E-state index contributed by atoms with van der Waals surface area (Å²) in [6.07, 6.45) is 0. The van der Waals surface area contributed by atoms with E-state index in [-0.39, 0.29) is 5.97 Å². The molecule has 0 atom stereocenters. The number of benzene rings is 1. The number of aryl methyl sites for hydroxylation is 1. The third-order valence-corrected chi connectivity index (χ3v) is 2.61. The van der Waals surface area contributed by atoms with Gasteiger partial charge in [-0.25, -0.2) is 0 Å². The van der Waals surface area contributed by atoms with Crippen LogP contribution in [0.5, 0.6) is 5.75 Å². The molecule has 0 aliphatic carbocycles. The van der Waals surface area contributed by atoms with Crippen molar-refractivity contribution < 1.29 is 9.53 Å². The Morgan fingerprint density at radius 1 is 1.24 bits per heavy atom. The lowest BCUT2D eigenvalue weighted by molar-refractivity contribution is -0.143. The van der Waals surface area contributed by atoms with Crippen LogP contribution in [0, 0.1) is 12.3 Å². The summed E-state index contributed by atoms with van der Waals surface area (Å²) in [5.74, 6) is 0.850. The van der Waals surface area contributed by atoms with E-state index in [9.17, 15) is 4.79 Å². The van der Waals surface area contributed by atoms with Crippen molar-refractivity contribution in [2.24, 2.45) is 5.41 Å². The highest BCUT2D eigenvalue weighted by Crippen LogP contribution is 2.29. The minimum absolute atomic E-state index is 0.190. The topological polar surface area (TPSA) is 26.3 Å². The van der Waals surface area contributed by atoms with Gasteiger partial charge in [-0.3, -0.25) is 4.79 Å². The van der Waals surface area contributed by atoms with Crippen molar-refractivity contribution >= 4 is 5.97 Å². The zero-order valence-electron chi connectivity index (χ0n) is 11.6. The molecule has 0 saturated heterocycles. The van der Waals surface area contributed by atoms with Crippen LogP contribution in [0.15, 0.2) is 18.2 Å². The number of carbonyl (C=O) groups is 1. The average molecular weight is 234 g/mol. The number of esters is 1. The van der Waals surface area contributed by atoms with Crippen LogP contribution in [0.25, 0.3) is 0 Å². The lowest BCUT2D eigenvalue weighted by atomic mass is 9.96. The van der Waals surface area contributed by atoms with Gasteiger partial charge in [-0.05, 0) is 50.8 Å². The third kappa shape index (κ3) is 3.58. The van der Waals surface area contributed by atoms with Crippen LogP contribution in [-0.2, 0) is 4.79 Å². The van der Waals surface area contributed by atoms with Gasteiger partial charge in [0.05, 0.1) is 5.41 Å². The summed E-state index contributed by atoms with van der Waals surface area (Å²) in [4.78, 5) is 11.9. The summed E-state index contributed by atoms with van der Waals surface area (Å²) < 4.78 is 5.51. The molecule has 0 aliphatic heterocycles. The summed E-state index contributed by atoms with van der Waals surface area (Å²) in [6.45, 7) is 11.8. The van der Waals surface area contributed by atoms with Gasteiger partial charge in [-0.1, -0.05) is 26.0 Å². The first kappa shape index (κ1) is 13.8. The molecule has 2 heteroatoms. The Labute approximate surface area is 104 Å². The Balaban J connectivity index is 3.05.